The first-order chi connectivity index (χ1) is 9.65. The van der Waals surface area contributed by atoms with Crippen molar-refractivity contribution in [1.29, 1.82) is 0 Å². The maximum atomic E-state index is 12.0. The minimum atomic E-state index is -0.102. The molecule has 2 rings (SSSR count). The van der Waals surface area contributed by atoms with Crippen molar-refractivity contribution in [3.63, 3.8) is 0 Å². The van der Waals surface area contributed by atoms with Crippen molar-refractivity contribution in [2.24, 2.45) is 0 Å². The lowest BCUT2D eigenvalue weighted by Crippen LogP contribution is -2.37. The summed E-state index contributed by atoms with van der Waals surface area (Å²) in [6.07, 6.45) is 1.05. The number of hydrogen-bond acceptors (Lipinski definition) is 4. The SMILES string of the molecule is Nc1ccc(OCCC(=O)N2CCCNC(=O)C2)cc1. The molecule has 0 saturated carbocycles. The van der Waals surface area contributed by atoms with Crippen LogP contribution in [0.2, 0.25) is 0 Å². The monoisotopic (exact) mass is 277 g/mol. The number of nitrogens with zero attached hydrogens (tertiary/aromatic N) is 1. The summed E-state index contributed by atoms with van der Waals surface area (Å²) in [7, 11) is 0. The zero-order valence-corrected chi connectivity index (χ0v) is 11.3. The second kappa shape index (κ2) is 6.79. The zero-order chi connectivity index (χ0) is 14.4. The Morgan fingerprint density at radius 1 is 1.35 bits per heavy atom. The van der Waals surface area contributed by atoms with E-state index >= 15 is 0 Å². The molecule has 6 nitrogen and oxygen atoms in total. The Balaban J connectivity index is 1.76. The second-order valence-electron chi connectivity index (χ2n) is 4.69. The molecular weight excluding hydrogens is 258 g/mol. The number of carbonyl (C=O) groups excluding carboxylic acids is 2. The van der Waals surface area contributed by atoms with Crippen LogP contribution in [0.15, 0.2) is 24.3 Å². The molecule has 0 aliphatic carbocycles. The molecule has 1 aliphatic heterocycles. The van der Waals surface area contributed by atoms with Crippen molar-refractivity contribution in [1.82, 2.24) is 10.2 Å². The highest BCUT2D eigenvalue weighted by Crippen LogP contribution is 2.13. The molecule has 0 atom stereocenters. The lowest BCUT2D eigenvalue weighted by molar-refractivity contribution is -0.135. The highest BCUT2D eigenvalue weighted by atomic mass is 16.5. The van der Waals surface area contributed by atoms with Gasteiger partial charge in [0.1, 0.15) is 5.75 Å². The van der Waals surface area contributed by atoms with E-state index in [9.17, 15) is 9.59 Å². The Bertz CT molecular complexity index is 473. The van der Waals surface area contributed by atoms with E-state index in [2.05, 4.69) is 5.32 Å². The van der Waals surface area contributed by atoms with Gasteiger partial charge < -0.3 is 20.7 Å². The summed E-state index contributed by atoms with van der Waals surface area (Å²) in [6, 6.07) is 7.02. The fraction of sp³-hybridized carbons (Fsp3) is 0.429. The number of hydrogen-bond donors (Lipinski definition) is 2. The van der Waals surface area contributed by atoms with E-state index < -0.39 is 0 Å². The molecule has 0 spiro atoms. The van der Waals surface area contributed by atoms with Gasteiger partial charge in [0.2, 0.25) is 11.8 Å². The van der Waals surface area contributed by atoms with Gasteiger partial charge in [0, 0.05) is 18.8 Å². The summed E-state index contributed by atoms with van der Waals surface area (Å²) in [5.74, 6) is 0.522. The molecule has 1 aromatic rings. The molecule has 20 heavy (non-hydrogen) atoms. The normalized spacial score (nSPS) is 15.4. The second-order valence-corrected chi connectivity index (χ2v) is 4.69. The van der Waals surface area contributed by atoms with Crippen LogP contribution < -0.4 is 15.8 Å². The van der Waals surface area contributed by atoms with Crippen molar-refractivity contribution >= 4 is 17.5 Å². The molecule has 108 valence electrons. The number of rotatable bonds is 4. The minimum absolute atomic E-state index is 0.0579. The molecule has 1 aliphatic rings. The van der Waals surface area contributed by atoms with Crippen molar-refractivity contribution < 1.29 is 14.3 Å². The number of nitrogen functional groups attached to an aromatic ring is 1. The van der Waals surface area contributed by atoms with Gasteiger partial charge in [-0.3, -0.25) is 9.59 Å². The van der Waals surface area contributed by atoms with Gasteiger partial charge in [-0.15, -0.1) is 0 Å². The average molecular weight is 277 g/mol. The van der Waals surface area contributed by atoms with E-state index in [1.165, 1.54) is 0 Å². The summed E-state index contributed by atoms with van der Waals surface area (Å²) in [4.78, 5) is 24.9. The molecule has 1 heterocycles. The van der Waals surface area contributed by atoms with E-state index in [0.717, 1.165) is 6.42 Å². The quantitative estimate of drug-likeness (QED) is 0.780. The molecule has 1 fully saturated rings. The third-order valence-corrected chi connectivity index (χ3v) is 3.08. The lowest BCUT2D eigenvalue weighted by Gasteiger charge is -2.19. The molecule has 2 amide bonds. The van der Waals surface area contributed by atoms with Gasteiger partial charge in [0.25, 0.3) is 0 Å². The van der Waals surface area contributed by atoms with Gasteiger partial charge in [-0.2, -0.15) is 0 Å². The van der Waals surface area contributed by atoms with Crippen LogP contribution in [0.5, 0.6) is 5.75 Å². The maximum Gasteiger partial charge on any atom is 0.239 e. The number of anilines is 1. The third kappa shape index (κ3) is 4.15. The van der Waals surface area contributed by atoms with Crippen LogP contribution in [0, 0.1) is 0 Å². The standard InChI is InChI=1S/C14H19N3O3/c15-11-2-4-12(5-3-11)20-9-6-14(19)17-8-1-7-16-13(18)10-17/h2-5H,1,6-10,15H2,(H,16,18). The van der Waals surface area contributed by atoms with E-state index in [1.807, 2.05) is 0 Å². The Labute approximate surface area is 117 Å². The van der Waals surface area contributed by atoms with Gasteiger partial charge in [0.05, 0.1) is 19.6 Å². The van der Waals surface area contributed by atoms with Gasteiger partial charge in [0.15, 0.2) is 0 Å². The number of ether oxygens (including phenoxy) is 1. The van der Waals surface area contributed by atoms with Crippen LogP contribution in [0.4, 0.5) is 5.69 Å². The molecular formula is C14H19N3O3. The largest absolute Gasteiger partial charge is 0.493 e. The molecule has 3 N–H and O–H groups in total. The molecule has 1 saturated heterocycles. The van der Waals surface area contributed by atoms with E-state index in [4.69, 9.17) is 10.5 Å². The van der Waals surface area contributed by atoms with Crippen LogP contribution in [0.3, 0.4) is 0 Å². The van der Waals surface area contributed by atoms with Crippen molar-refractivity contribution in [3.8, 4) is 5.75 Å². The predicted octanol–water partition coefficient (Wildman–Crippen LogP) is 0.386. The van der Waals surface area contributed by atoms with Gasteiger partial charge in [-0.05, 0) is 30.7 Å². The number of benzene rings is 1. The molecule has 6 heteroatoms. The maximum absolute atomic E-state index is 12.0. The average Bonchev–Trinajstić information content (AvgIpc) is 2.65. The van der Waals surface area contributed by atoms with Gasteiger partial charge >= 0.3 is 0 Å². The highest BCUT2D eigenvalue weighted by Gasteiger charge is 2.19. The predicted molar refractivity (Wildman–Crippen MR) is 75.2 cm³/mol. The van der Waals surface area contributed by atoms with Crippen LogP contribution in [-0.4, -0.2) is 43.0 Å². The first-order valence-electron chi connectivity index (χ1n) is 6.68. The Morgan fingerprint density at radius 2 is 2.10 bits per heavy atom. The first-order valence-corrected chi connectivity index (χ1v) is 6.68. The minimum Gasteiger partial charge on any atom is -0.493 e. The fourth-order valence-corrected chi connectivity index (χ4v) is 2.00. The summed E-state index contributed by atoms with van der Waals surface area (Å²) in [5.41, 5.74) is 6.25. The summed E-state index contributed by atoms with van der Waals surface area (Å²) in [6.45, 7) is 1.67. The van der Waals surface area contributed by atoms with Gasteiger partial charge in [-0.25, -0.2) is 0 Å². The number of nitrogens with two attached hydrogens (primary N) is 1. The van der Waals surface area contributed by atoms with Gasteiger partial charge in [-0.1, -0.05) is 0 Å². The molecule has 0 radical (unpaired) electrons. The highest BCUT2D eigenvalue weighted by molar-refractivity contribution is 5.85. The summed E-state index contributed by atoms with van der Waals surface area (Å²) in [5, 5.41) is 2.74. The molecule has 0 aromatic heterocycles. The van der Waals surface area contributed by atoms with Crippen LogP contribution in [0.1, 0.15) is 12.8 Å². The first kappa shape index (κ1) is 14.2. The summed E-state index contributed by atoms with van der Waals surface area (Å²) >= 11 is 0. The number of nitrogens with one attached hydrogen (secondary N) is 1. The van der Waals surface area contributed by atoms with E-state index in [-0.39, 0.29) is 24.8 Å². The number of carbonyl (C=O) groups is 2. The smallest absolute Gasteiger partial charge is 0.239 e. The summed E-state index contributed by atoms with van der Waals surface area (Å²) < 4.78 is 5.48. The zero-order valence-electron chi connectivity index (χ0n) is 11.3. The Hall–Kier alpha value is -2.24. The van der Waals surface area contributed by atoms with Crippen LogP contribution in [0.25, 0.3) is 0 Å². The Kier molecular flexibility index (Phi) is 4.81. The third-order valence-electron chi connectivity index (χ3n) is 3.08. The lowest BCUT2D eigenvalue weighted by atomic mass is 10.3. The van der Waals surface area contributed by atoms with Crippen molar-refractivity contribution in [2.75, 3.05) is 32.0 Å². The van der Waals surface area contributed by atoms with E-state index in [0.29, 0.717) is 31.1 Å². The van der Waals surface area contributed by atoms with Crippen molar-refractivity contribution in [2.45, 2.75) is 12.8 Å². The molecule has 1 aromatic carbocycles. The topological polar surface area (TPSA) is 84.7 Å². The van der Waals surface area contributed by atoms with E-state index in [1.54, 1.807) is 29.2 Å². The molecule has 0 unspecified atom stereocenters. The molecule has 0 bridgehead atoms. The fourth-order valence-electron chi connectivity index (χ4n) is 2.00. The van der Waals surface area contributed by atoms with Crippen LogP contribution in [-0.2, 0) is 9.59 Å². The number of amides is 2. The van der Waals surface area contributed by atoms with Crippen LogP contribution >= 0.6 is 0 Å². The Morgan fingerprint density at radius 3 is 2.85 bits per heavy atom. The van der Waals surface area contributed by atoms with Crippen molar-refractivity contribution in [3.05, 3.63) is 24.3 Å².